The second kappa shape index (κ2) is 4.38. The van der Waals surface area contributed by atoms with E-state index in [0.717, 1.165) is 37.5 Å². The first-order valence-corrected chi connectivity index (χ1v) is 7.14. The number of rotatable bonds is 3. The van der Waals surface area contributed by atoms with Crippen LogP contribution in [0.15, 0.2) is 0 Å². The third-order valence-corrected chi connectivity index (χ3v) is 4.65. The van der Waals surface area contributed by atoms with Crippen LogP contribution in [0.2, 0.25) is 0 Å². The number of anilines is 1. The van der Waals surface area contributed by atoms with E-state index in [2.05, 4.69) is 10.3 Å². The van der Waals surface area contributed by atoms with Gasteiger partial charge in [0.25, 0.3) is 0 Å². The third kappa shape index (κ3) is 1.87. The third-order valence-electron chi connectivity index (χ3n) is 3.47. The molecule has 92 valence electrons. The summed E-state index contributed by atoms with van der Waals surface area (Å²) in [4.78, 5) is 20.0. The largest absolute Gasteiger partial charge is 0.306 e. The van der Waals surface area contributed by atoms with Crippen molar-refractivity contribution in [3.8, 4) is 0 Å². The van der Waals surface area contributed by atoms with Crippen molar-refractivity contribution in [2.75, 3.05) is 18.0 Å². The minimum Gasteiger partial charge on any atom is -0.306 e. The molecule has 0 radical (unpaired) electrons. The van der Waals surface area contributed by atoms with Gasteiger partial charge < -0.3 is 5.32 Å². The Morgan fingerprint density at radius 3 is 3.18 bits per heavy atom. The Morgan fingerprint density at radius 2 is 2.41 bits per heavy atom. The van der Waals surface area contributed by atoms with Crippen LogP contribution >= 0.6 is 11.3 Å². The molecule has 0 aromatic carbocycles. The van der Waals surface area contributed by atoms with Crippen molar-refractivity contribution in [2.45, 2.75) is 38.6 Å². The first-order chi connectivity index (χ1) is 8.29. The zero-order valence-electron chi connectivity index (χ0n) is 10.0. The van der Waals surface area contributed by atoms with Gasteiger partial charge >= 0.3 is 0 Å². The Hall–Kier alpha value is -0.940. The van der Waals surface area contributed by atoms with Gasteiger partial charge in [-0.05, 0) is 32.2 Å². The molecule has 17 heavy (non-hydrogen) atoms. The molecular weight excluding hydrogens is 234 g/mol. The standard InChI is InChI=1S/C12H17N3OS/c1-2-13-9-6-7-15(11(9)16)12-14-8-4-3-5-10(8)17-12/h9,13H,2-7H2,1H3. The van der Waals surface area contributed by atoms with E-state index in [1.54, 1.807) is 11.3 Å². The van der Waals surface area contributed by atoms with Crippen LogP contribution < -0.4 is 10.2 Å². The van der Waals surface area contributed by atoms with E-state index in [1.807, 2.05) is 11.8 Å². The van der Waals surface area contributed by atoms with Gasteiger partial charge in [-0.1, -0.05) is 6.92 Å². The average Bonchev–Trinajstić information content (AvgIpc) is 2.94. The van der Waals surface area contributed by atoms with Crippen LogP contribution in [0.3, 0.4) is 0 Å². The number of aromatic nitrogens is 1. The lowest BCUT2D eigenvalue weighted by Gasteiger charge is -2.13. The molecule has 1 saturated heterocycles. The molecule has 0 spiro atoms. The highest BCUT2D eigenvalue weighted by Crippen LogP contribution is 2.34. The van der Waals surface area contributed by atoms with Crippen LogP contribution in [0.4, 0.5) is 5.13 Å². The number of thiazole rings is 1. The fourth-order valence-corrected chi connectivity index (χ4v) is 3.78. The minimum atomic E-state index is -0.00117. The number of amides is 1. The van der Waals surface area contributed by atoms with Gasteiger partial charge in [-0.25, -0.2) is 4.98 Å². The van der Waals surface area contributed by atoms with Gasteiger partial charge in [0.05, 0.1) is 11.7 Å². The highest BCUT2D eigenvalue weighted by Gasteiger charge is 2.34. The van der Waals surface area contributed by atoms with E-state index in [4.69, 9.17) is 0 Å². The molecule has 1 atom stereocenters. The first-order valence-electron chi connectivity index (χ1n) is 6.33. The van der Waals surface area contributed by atoms with Crippen molar-refractivity contribution in [1.29, 1.82) is 0 Å². The Kier molecular flexibility index (Phi) is 2.88. The zero-order valence-corrected chi connectivity index (χ0v) is 10.8. The molecule has 1 aromatic rings. The van der Waals surface area contributed by atoms with Crippen molar-refractivity contribution in [1.82, 2.24) is 10.3 Å². The summed E-state index contributed by atoms with van der Waals surface area (Å²) >= 11 is 1.71. The predicted octanol–water partition coefficient (Wildman–Crippen LogP) is 1.35. The van der Waals surface area contributed by atoms with E-state index in [9.17, 15) is 4.79 Å². The van der Waals surface area contributed by atoms with Crippen LogP contribution in [0.5, 0.6) is 0 Å². The van der Waals surface area contributed by atoms with E-state index < -0.39 is 0 Å². The maximum absolute atomic E-state index is 12.2. The highest BCUT2D eigenvalue weighted by atomic mass is 32.1. The van der Waals surface area contributed by atoms with Crippen LogP contribution in [0.1, 0.15) is 30.3 Å². The number of hydrogen-bond donors (Lipinski definition) is 1. The summed E-state index contributed by atoms with van der Waals surface area (Å²) in [6.07, 6.45) is 4.36. The molecule has 1 unspecified atom stereocenters. The summed E-state index contributed by atoms with van der Waals surface area (Å²) in [5.74, 6) is 0.194. The average molecular weight is 251 g/mol. The van der Waals surface area contributed by atoms with Gasteiger partial charge in [-0.3, -0.25) is 9.69 Å². The summed E-state index contributed by atoms with van der Waals surface area (Å²) in [5, 5.41) is 4.15. The molecule has 1 fully saturated rings. The Labute approximate surface area is 105 Å². The normalized spacial score (nSPS) is 23.5. The summed E-state index contributed by atoms with van der Waals surface area (Å²) < 4.78 is 0. The zero-order chi connectivity index (χ0) is 11.8. The van der Waals surface area contributed by atoms with Gasteiger partial charge in [0, 0.05) is 11.4 Å². The Bertz CT molecular complexity index is 421. The lowest BCUT2D eigenvalue weighted by atomic mass is 10.2. The molecule has 1 aliphatic heterocycles. The second-order valence-electron chi connectivity index (χ2n) is 4.61. The van der Waals surface area contributed by atoms with Crippen molar-refractivity contribution in [2.24, 2.45) is 0 Å². The first kappa shape index (κ1) is 11.2. The predicted molar refractivity (Wildman–Crippen MR) is 68.6 cm³/mol. The quantitative estimate of drug-likeness (QED) is 0.882. The highest BCUT2D eigenvalue weighted by molar-refractivity contribution is 7.16. The van der Waals surface area contributed by atoms with Gasteiger partial charge in [-0.15, -0.1) is 11.3 Å². The fourth-order valence-electron chi connectivity index (χ4n) is 2.60. The van der Waals surface area contributed by atoms with Gasteiger partial charge in [0.15, 0.2) is 5.13 Å². The van der Waals surface area contributed by atoms with Gasteiger partial charge in [0.2, 0.25) is 5.91 Å². The monoisotopic (exact) mass is 251 g/mol. The van der Waals surface area contributed by atoms with E-state index in [1.165, 1.54) is 17.0 Å². The number of nitrogens with one attached hydrogen (secondary N) is 1. The van der Waals surface area contributed by atoms with Gasteiger partial charge in [0.1, 0.15) is 0 Å². The SMILES string of the molecule is CCNC1CCN(c2nc3c(s2)CCC3)C1=O. The lowest BCUT2D eigenvalue weighted by molar-refractivity contribution is -0.118. The van der Waals surface area contributed by atoms with Crippen LogP contribution in [-0.4, -0.2) is 30.0 Å². The van der Waals surface area contributed by atoms with E-state index >= 15 is 0 Å². The Morgan fingerprint density at radius 1 is 1.53 bits per heavy atom. The number of hydrogen-bond acceptors (Lipinski definition) is 4. The van der Waals surface area contributed by atoms with Crippen molar-refractivity contribution >= 4 is 22.4 Å². The molecular formula is C12H17N3OS. The molecule has 1 aromatic heterocycles. The van der Waals surface area contributed by atoms with Crippen molar-refractivity contribution < 1.29 is 4.79 Å². The summed E-state index contributed by atoms with van der Waals surface area (Å²) in [5.41, 5.74) is 1.23. The van der Waals surface area contributed by atoms with Gasteiger partial charge in [-0.2, -0.15) is 0 Å². The van der Waals surface area contributed by atoms with Crippen molar-refractivity contribution in [3.05, 3.63) is 10.6 Å². The number of carbonyl (C=O) groups excluding carboxylic acids is 1. The molecule has 5 heteroatoms. The topological polar surface area (TPSA) is 45.2 Å². The number of fused-ring (bicyclic) bond motifs is 1. The molecule has 2 heterocycles. The maximum Gasteiger partial charge on any atom is 0.245 e. The summed E-state index contributed by atoms with van der Waals surface area (Å²) in [6.45, 7) is 3.69. The molecule has 2 aliphatic rings. The molecule has 1 aliphatic carbocycles. The van der Waals surface area contributed by atoms with Crippen LogP contribution in [0.25, 0.3) is 0 Å². The van der Waals surface area contributed by atoms with Crippen LogP contribution in [-0.2, 0) is 17.6 Å². The molecule has 0 bridgehead atoms. The molecule has 0 saturated carbocycles. The molecule has 3 rings (SSSR count). The maximum atomic E-state index is 12.2. The molecule has 1 N–H and O–H groups in total. The summed E-state index contributed by atoms with van der Waals surface area (Å²) in [6, 6.07) is -0.00117. The van der Waals surface area contributed by atoms with Crippen LogP contribution in [0, 0.1) is 0 Å². The molecule has 1 amide bonds. The lowest BCUT2D eigenvalue weighted by Crippen LogP contribution is -2.38. The summed E-state index contributed by atoms with van der Waals surface area (Å²) in [7, 11) is 0. The number of carbonyl (C=O) groups is 1. The number of aryl methyl sites for hydroxylation is 2. The molecule has 4 nitrogen and oxygen atoms in total. The number of likely N-dealkylation sites (N-methyl/N-ethyl adjacent to an activating group) is 1. The van der Waals surface area contributed by atoms with E-state index in [0.29, 0.717) is 0 Å². The Balaban J connectivity index is 1.78. The smallest absolute Gasteiger partial charge is 0.245 e. The van der Waals surface area contributed by atoms with E-state index in [-0.39, 0.29) is 11.9 Å². The number of nitrogens with zero attached hydrogens (tertiary/aromatic N) is 2. The minimum absolute atomic E-state index is 0.00117. The van der Waals surface area contributed by atoms with Crippen molar-refractivity contribution in [3.63, 3.8) is 0 Å². The second-order valence-corrected chi connectivity index (χ2v) is 5.67. The fraction of sp³-hybridized carbons (Fsp3) is 0.667.